The van der Waals surface area contributed by atoms with Gasteiger partial charge in [0.05, 0.1) is 5.56 Å². The van der Waals surface area contributed by atoms with E-state index in [1.807, 2.05) is 0 Å². The molecule has 0 aromatic heterocycles. The summed E-state index contributed by atoms with van der Waals surface area (Å²) in [5.74, 6) is 5.62. The van der Waals surface area contributed by atoms with Crippen LogP contribution in [0.5, 0.6) is 0 Å². The number of hydrazine groups is 1. The summed E-state index contributed by atoms with van der Waals surface area (Å²) in [6, 6.07) is 5.24. The summed E-state index contributed by atoms with van der Waals surface area (Å²) in [6.07, 6.45) is -1.39. The van der Waals surface area contributed by atoms with Gasteiger partial charge in [0.15, 0.2) is 0 Å². The molecule has 0 radical (unpaired) electrons. The van der Waals surface area contributed by atoms with E-state index in [2.05, 4.69) is 5.43 Å². The quantitative estimate of drug-likeness (QED) is 0.633. The minimum absolute atomic E-state index is 0.212. The first kappa shape index (κ1) is 12.4. The number of benzene rings is 1. The third kappa shape index (κ3) is 2.45. The fourth-order valence-electron chi connectivity index (χ4n) is 2.28. The summed E-state index contributed by atoms with van der Waals surface area (Å²) in [5.41, 5.74) is 2.20. The topological polar surface area (TPSA) is 38.0 Å². The smallest absolute Gasteiger partial charge is 0.271 e. The van der Waals surface area contributed by atoms with E-state index in [0.29, 0.717) is 0 Å². The van der Waals surface area contributed by atoms with E-state index in [0.717, 1.165) is 25.3 Å². The van der Waals surface area contributed by atoms with Gasteiger partial charge in [0, 0.05) is 6.04 Å². The molecule has 1 atom stereocenters. The maximum absolute atomic E-state index is 12.9. The molecule has 5 heteroatoms. The van der Waals surface area contributed by atoms with Crippen LogP contribution in [-0.2, 0) is 6.18 Å². The van der Waals surface area contributed by atoms with Gasteiger partial charge in [0.1, 0.15) is 0 Å². The second kappa shape index (κ2) is 4.66. The standard InChI is InChI=1S/C12H15F3N2/c13-12(14,15)10-7-2-1-6-9(10)11(17-16)8-4-3-5-8/h1-2,6-8,11,17H,3-5,16H2. The third-order valence-corrected chi connectivity index (χ3v) is 3.40. The van der Waals surface area contributed by atoms with Crippen LogP contribution in [0.25, 0.3) is 0 Å². The maximum Gasteiger partial charge on any atom is 0.416 e. The predicted octanol–water partition coefficient (Wildman–Crippen LogP) is 3.01. The molecular formula is C12H15F3N2. The summed E-state index contributed by atoms with van der Waals surface area (Å²) in [4.78, 5) is 0. The second-order valence-electron chi connectivity index (χ2n) is 4.42. The van der Waals surface area contributed by atoms with Gasteiger partial charge in [0.25, 0.3) is 0 Å². The molecule has 0 amide bonds. The van der Waals surface area contributed by atoms with Crippen LogP contribution in [0, 0.1) is 5.92 Å². The van der Waals surface area contributed by atoms with Crippen molar-refractivity contribution in [3.8, 4) is 0 Å². The molecule has 1 aliphatic carbocycles. The molecule has 0 saturated heterocycles. The first-order valence-corrected chi connectivity index (χ1v) is 5.66. The Morgan fingerprint density at radius 1 is 1.24 bits per heavy atom. The maximum atomic E-state index is 12.9. The Balaban J connectivity index is 2.35. The van der Waals surface area contributed by atoms with Crippen molar-refractivity contribution in [3.05, 3.63) is 35.4 Å². The van der Waals surface area contributed by atoms with Gasteiger partial charge in [-0.1, -0.05) is 24.6 Å². The van der Waals surface area contributed by atoms with Gasteiger partial charge in [-0.2, -0.15) is 13.2 Å². The Labute approximate surface area is 98.0 Å². The van der Waals surface area contributed by atoms with Gasteiger partial charge in [0.2, 0.25) is 0 Å². The van der Waals surface area contributed by atoms with Gasteiger partial charge >= 0.3 is 6.18 Å². The lowest BCUT2D eigenvalue weighted by Gasteiger charge is -2.34. The van der Waals surface area contributed by atoms with Crippen molar-refractivity contribution in [1.82, 2.24) is 5.43 Å². The van der Waals surface area contributed by atoms with Crippen molar-refractivity contribution in [2.24, 2.45) is 11.8 Å². The molecule has 1 unspecified atom stereocenters. The molecule has 0 heterocycles. The van der Waals surface area contributed by atoms with Crippen molar-refractivity contribution in [2.75, 3.05) is 0 Å². The highest BCUT2D eigenvalue weighted by Gasteiger charge is 2.37. The van der Waals surface area contributed by atoms with Crippen molar-refractivity contribution < 1.29 is 13.2 Å². The highest BCUT2D eigenvalue weighted by Crippen LogP contribution is 2.41. The van der Waals surface area contributed by atoms with E-state index >= 15 is 0 Å². The zero-order valence-corrected chi connectivity index (χ0v) is 9.30. The Morgan fingerprint density at radius 2 is 1.88 bits per heavy atom. The molecule has 1 saturated carbocycles. The van der Waals surface area contributed by atoms with Gasteiger partial charge in [-0.25, -0.2) is 0 Å². The van der Waals surface area contributed by atoms with Crippen LogP contribution in [0.4, 0.5) is 13.2 Å². The van der Waals surface area contributed by atoms with Gasteiger partial charge in [-0.05, 0) is 30.4 Å². The minimum Gasteiger partial charge on any atom is -0.271 e. The molecule has 2 nitrogen and oxygen atoms in total. The number of nitrogens with two attached hydrogens (primary N) is 1. The summed E-state index contributed by atoms with van der Waals surface area (Å²) < 4.78 is 38.6. The monoisotopic (exact) mass is 244 g/mol. The SMILES string of the molecule is NNC(c1ccccc1C(F)(F)F)C1CCC1. The third-order valence-electron chi connectivity index (χ3n) is 3.40. The lowest BCUT2D eigenvalue weighted by molar-refractivity contribution is -0.138. The molecule has 0 aliphatic heterocycles. The lowest BCUT2D eigenvalue weighted by atomic mass is 9.76. The summed E-state index contributed by atoms with van der Waals surface area (Å²) in [7, 11) is 0. The van der Waals surface area contributed by atoms with Crippen molar-refractivity contribution in [1.29, 1.82) is 0 Å². The minimum atomic E-state index is -4.32. The van der Waals surface area contributed by atoms with E-state index in [1.54, 1.807) is 6.07 Å². The predicted molar refractivity (Wildman–Crippen MR) is 58.8 cm³/mol. The summed E-state index contributed by atoms with van der Waals surface area (Å²) >= 11 is 0. The molecule has 1 aromatic carbocycles. The fraction of sp³-hybridized carbons (Fsp3) is 0.500. The fourth-order valence-corrected chi connectivity index (χ4v) is 2.28. The number of rotatable bonds is 3. The van der Waals surface area contributed by atoms with Crippen LogP contribution < -0.4 is 11.3 Å². The van der Waals surface area contributed by atoms with Crippen molar-refractivity contribution in [3.63, 3.8) is 0 Å². The summed E-state index contributed by atoms with van der Waals surface area (Å²) in [5, 5.41) is 0. The van der Waals surface area contributed by atoms with Crippen molar-refractivity contribution >= 4 is 0 Å². The van der Waals surface area contributed by atoms with E-state index in [-0.39, 0.29) is 11.5 Å². The number of hydrogen-bond acceptors (Lipinski definition) is 2. The van der Waals surface area contributed by atoms with Crippen LogP contribution in [0.3, 0.4) is 0 Å². The van der Waals surface area contributed by atoms with Crippen LogP contribution in [0.2, 0.25) is 0 Å². The Morgan fingerprint density at radius 3 is 2.35 bits per heavy atom. The number of hydrogen-bond donors (Lipinski definition) is 2. The Bertz CT molecular complexity index is 386. The first-order chi connectivity index (χ1) is 8.04. The molecule has 1 fully saturated rings. The molecule has 2 rings (SSSR count). The van der Waals surface area contributed by atoms with Gasteiger partial charge < -0.3 is 0 Å². The zero-order valence-electron chi connectivity index (χ0n) is 9.30. The van der Waals surface area contributed by atoms with Crippen LogP contribution >= 0.6 is 0 Å². The number of nitrogens with one attached hydrogen (secondary N) is 1. The van der Waals surface area contributed by atoms with Crippen LogP contribution in [0.1, 0.15) is 36.4 Å². The lowest BCUT2D eigenvalue weighted by Crippen LogP contribution is -2.37. The van der Waals surface area contributed by atoms with Crippen LogP contribution in [0.15, 0.2) is 24.3 Å². The van der Waals surface area contributed by atoms with E-state index in [4.69, 9.17) is 5.84 Å². The molecule has 0 bridgehead atoms. The average molecular weight is 244 g/mol. The second-order valence-corrected chi connectivity index (χ2v) is 4.42. The highest BCUT2D eigenvalue weighted by molar-refractivity contribution is 5.33. The molecule has 1 aromatic rings. The van der Waals surface area contributed by atoms with Gasteiger partial charge in [-0.15, -0.1) is 0 Å². The Kier molecular flexibility index (Phi) is 3.40. The molecule has 1 aliphatic rings. The van der Waals surface area contributed by atoms with E-state index in [9.17, 15) is 13.2 Å². The molecule has 3 N–H and O–H groups in total. The van der Waals surface area contributed by atoms with E-state index < -0.39 is 17.8 Å². The zero-order chi connectivity index (χ0) is 12.5. The largest absolute Gasteiger partial charge is 0.416 e. The first-order valence-electron chi connectivity index (χ1n) is 5.66. The average Bonchev–Trinajstić information content (AvgIpc) is 2.22. The molecule has 94 valence electrons. The normalized spacial score (nSPS) is 18.8. The number of alkyl halides is 3. The summed E-state index contributed by atoms with van der Waals surface area (Å²) in [6.45, 7) is 0. The van der Waals surface area contributed by atoms with Gasteiger partial charge in [-0.3, -0.25) is 11.3 Å². The van der Waals surface area contributed by atoms with Crippen molar-refractivity contribution in [2.45, 2.75) is 31.5 Å². The van der Waals surface area contributed by atoms with Crippen LogP contribution in [-0.4, -0.2) is 0 Å². The Hall–Kier alpha value is -1.07. The highest BCUT2D eigenvalue weighted by atomic mass is 19.4. The molecular weight excluding hydrogens is 229 g/mol. The number of halogens is 3. The van der Waals surface area contributed by atoms with E-state index in [1.165, 1.54) is 12.1 Å². The molecule has 0 spiro atoms. The molecule has 17 heavy (non-hydrogen) atoms.